The van der Waals surface area contributed by atoms with Crippen LogP contribution in [0.3, 0.4) is 0 Å². The van der Waals surface area contributed by atoms with E-state index in [4.69, 9.17) is 9.47 Å². The van der Waals surface area contributed by atoms with Crippen molar-refractivity contribution in [2.24, 2.45) is 10.8 Å². The molecule has 0 fully saturated rings. The second-order valence-corrected chi connectivity index (χ2v) is 17.2. The van der Waals surface area contributed by atoms with Crippen LogP contribution >= 0.6 is 0 Å². The van der Waals surface area contributed by atoms with Gasteiger partial charge in [-0.25, -0.2) is 9.59 Å². The van der Waals surface area contributed by atoms with Crippen LogP contribution in [0.25, 0.3) is 0 Å². The minimum atomic E-state index is -0.784. The number of unbranched alkanes of at least 4 members (excludes halogenated alkanes) is 7. The third-order valence-corrected chi connectivity index (χ3v) is 10.9. The molecule has 0 bridgehead atoms. The van der Waals surface area contributed by atoms with E-state index in [9.17, 15) is 51.1 Å². The third kappa shape index (κ3) is 16.4. The van der Waals surface area contributed by atoms with Crippen LogP contribution < -0.4 is 0 Å². The number of rotatable bonds is 27. The summed E-state index contributed by atoms with van der Waals surface area (Å²) in [5.41, 5.74) is 1.81. The standard InChI is InChI=1S/C46H68N6O8/c1-45(2)27-35(37(31-47)41(29-45)51(17-7-11-21-53)18-8-12-22-54)39(33-49)43(57)59-25-15-5-6-16-26-60-44(58)40(34-50)36-28-46(3,4)30-42(38(36)32-48)52(19-9-13-23-55)20-10-14-24-56/h53-56H,5-30H2,1-4H3/b39-35+,40-36+. The Kier molecular flexibility index (Phi) is 23.3. The van der Waals surface area contributed by atoms with Crippen molar-refractivity contribution < 1.29 is 39.5 Å². The highest BCUT2D eigenvalue weighted by Crippen LogP contribution is 2.45. The minimum Gasteiger partial charge on any atom is -0.462 e. The molecule has 2 aliphatic carbocycles. The maximum atomic E-state index is 13.3. The summed E-state index contributed by atoms with van der Waals surface area (Å²) in [6, 6.07) is 8.57. The van der Waals surface area contributed by atoms with Crippen molar-refractivity contribution in [2.45, 2.75) is 130 Å². The quantitative estimate of drug-likeness (QED) is 0.0314. The molecular weight excluding hydrogens is 765 g/mol. The van der Waals surface area contributed by atoms with Crippen LogP contribution in [0.4, 0.5) is 0 Å². The Hall–Kier alpha value is -4.70. The first-order chi connectivity index (χ1) is 28.8. The average molecular weight is 833 g/mol. The van der Waals surface area contributed by atoms with Gasteiger partial charge in [-0.3, -0.25) is 0 Å². The van der Waals surface area contributed by atoms with Gasteiger partial charge in [0, 0.05) is 64.0 Å². The second-order valence-electron chi connectivity index (χ2n) is 17.2. The van der Waals surface area contributed by atoms with Gasteiger partial charge in [0.05, 0.1) is 24.4 Å². The number of aliphatic hydroxyl groups is 4. The van der Waals surface area contributed by atoms with Crippen LogP contribution in [0.2, 0.25) is 0 Å². The minimum absolute atomic E-state index is 0.0509. The Balaban J connectivity index is 2.10. The first-order valence-corrected chi connectivity index (χ1v) is 21.6. The average Bonchev–Trinajstić information content (AvgIpc) is 3.20. The van der Waals surface area contributed by atoms with Gasteiger partial charge < -0.3 is 39.7 Å². The number of allylic oxidation sites excluding steroid dienone is 6. The van der Waals surface area contributed by atoms with E-state index in [2.05, 4.69) is 21.9 Å². The monoisotopic (exact) mass is 833 g/mol. The van der Waals surface area contributed by atoms with Crippen LogP contribution in [0.1, 0.15) is 130 Å². The zero-order chi connectivity index (χ0) is 44.6. The summed E-state index contributed by atoms with van der Waals surface area (Å²) in [5.74, 6) is -1.57. The predicted molar refractivity (Wildman–Crippen MR) is 225 cm³/mol. The Bertz CT molecular complexity index is 1590. The number of esters is 2. The Morgan fingerprint density at radius 3 is 1.10 bits per heavy atom. The molecule has 0 saturated heterocycles. The molecule has 330 valence electrons. The SMILES string of the molecule is CC1(C)CC(N(CCCCO)CCCCO)=C(C#N)/C(=C(\C#N)C(=O)OCCCCCCOC(=O)/C(C#N)=C2\CC(C)(C)CC(N(CCCCO)CCCCO)=C2C#N)C1. The molecule has 4 N–H and O–H groups in total. The van der Waals surface area contributed by atoms with Gasteiger partial charge in [-0.05, 0) is 125 Å². The molecule has 0 spiro atoms. The number of ether oxygens (including phenoxy) is 2. The topological polar surface area (TPSA) is 235 Å². The van der Waals surface area contributed by atoms with Gasteiger partial charge in [-0.1, -0.05) is 27.7 Å². The Morgan fingerprint density at radius 1 is 0.517 bits per heavy atom. The highest BCUT2D eigenvalue weighted by atomic mass is 16.5. The lowest BCUT2D eigenvalue weighted by Crippen LogP contribution is -2.34. The first kappa shape index (κ1) is 51.4. The second kappa shape index (κ2) is 27.2. The molecule has 0 saturated carbocycles. The fourth-order valence-corrected chi connectivity index (χ4v) is 7.85. The largest absolute Gasteiger partial charge is 0.462 e. The lowest BCUT2D eigenvalue weighted by molar-refractivity contribution is -0.140. The fraction of sp³-hybridized carbons (Fsp3) is 0.696. The number of hydrogen-bond donors (Lipinski definition) is 4. The van der Waals surface area contributed by atoms with E-state index in [0.29, 0.717) is 151 Å². The van der Waals surface area contributed by atoms with Crippen LogP contribution in [0, 0.1) is 56.2 Å². The van der Waals surface area contributed by atoms with Crippen molar-refractivity contribution in [1.29, 1.82) is 21.0 Å². The van der Waals surface area contributed by atoms with Gasteiger partial charge in [0.25, 0.3) is 0 Å². The van der Waals surface area contributed by atoms with Gasteiger partial charge in [0.15, 0.2) is 0 Å². The van der Waals surface area contributed by atoms with E-state index < -0.39 is 11.9 Å². The van der Waals surface area contributed by atoms with Crippen molar-refractivity contribution in [1.82, 2.24) is 9.80 Å². The van der Waals surface area contributed by atoms with Crippen molar-refractivity contribution in [3.05, 3.63) is 44.8 Å². The summed E-state index contributed by atoms with van der Waals surface area (Å²) in [7, 11) is 0. The van der Waals surface area contributed by atoms with Crippen molar-refractivity contribution in [3.63, 3.8) is 0 Å². The molecule has 60 heavy (non-hydrogen) atoms. The maximum absolute atomic E-state index is 13.3. The van der Waals surface area contributed by atoms with Gasteiger partial charge >= 0.3 is 11.9 Å². The highest BCUT2D eigenvalue weighted by Gasteiger charge is 2.38. The number of nitriles is 4. The molecule has 0 aromatic rings. The van der Waals surface area contributed by atoms with E-state index >= 15 is 0 Å². The van der Waals surface area contributed by atoms with E-state index in [1.807, 2.05) is 39.8 Å². The van der Waals surface area contributed by atoms with Gasteiger partial charge in [0.2, 0.25) is 0 Å². The van der Waals surface area contributed by atoms with Crippen LogP contribution in [0.5, 0.6) is 0 Å². The lowest BCUT2D eigenvalue weighted by atomic mass is 9.72. The maximum Gasteiger partial charge on any atom is 0.349 e. The number of aliphatic hydroxyl groups excluding tert-OH is 4. The first-order valence-electron chi connectivity index (χ1n) is 21.6. The molecular formula is C46H68N6O8. The third-order valence-electron chi connectivity index (χ3n) is 10.9. The molecule has 0 aromatic heterocycles. The van der Waals surface area contributed by atoms with Crippen LogP contribution in [0.15, 0.2) is 44.8 Å². The molecule has 0 radical (unpaired) electrons. The van der Waals surface area contributed by atoms with Crippen molar-refractivity contribution >= 4 is 11.9 Å². The molecule has 14 heteroatoms. The molecule has 0 aliphatic heterocycles. The van der Waals surface area contributed by atoms with Gasteiger partial charge in [-0.2, -0.15) is 21.0 Å². The summed E-state index contributed by atoms with van der Waals surface area (Å²) >= 11 is 0. The Morgan fingerprint density at radius 2 is 0.833 bits per heavy atom. The number of carbonyl (C=O) groups is 2. The van der Waals surface area contributed by atoms with E-state index in [-0.39, 0.29) is 61.6 Å². The lowest BCUT2D eigenvalue weighted by Gasteiger charge is -2.39. The smallest absolute Gasteiger partial charge is 0.349 e. The fourth-order valence-electron chi connectivity index (χ4n) is 7.85. The number of carbonyl (C=O) groups excluding carboxylic acids is 2. The summed E-state index contributed by atoms with van der Waals surface area (Å²) in [6.45, 7) is 10.8. The number of nitrogens with zero attached hydrogens (tertiary/aromatic N) is 6. The molecule has 0 aromatic carbocycles. The predicted octanol–water partition coefficient (Wildman–Crippen LogP) is 6.16. The highest BCUT2D eigenvalue weighted by molar-refractivity contribution is 5.95. The summed E-state index contributed by atoms with van der Waals surface area (Å²) in [4.78, 5) is 30.8. The van der Waals surface area contributed by atoms with Crippen LogP contribution in [-0.2, 0) is 19.1 Å². The van der Waals surface area contributed by atoms with E-state index in [1.54, 1.807) is 0 Å². The molecule has 2 aliphatic rings. The van der Waals surface area contributed by atoms with E-state index in [1.165, 1.54) is 0 Å². The summed E-state index contributed by atoms with van der Waals surface area (Å²) < 4.78 is 11.1. The molecule has 2 rings (SSSR count). The Labute approximate surface area is 357 Å². The summed E-state index contributed by atoms with van der Waals surface area (Å²) in [5, 5.41) is 78.4. The molecule has 14 nitrogen and oxygen atoms in total. The molecule has 0 heterocycles. The zero-order valence-electron chi connectivity index (χ0n) is 36.5. The van der Waals surface area contributed by atoms with Gasteiger partial charge in [0.1, 0.15) is 35.4 Å². The normalized spacial score (nSPS) is 17.5. The zero-order valence-corrected chi connectivity index (χ0v) is 36.5. The molecule has 0 atom stereocenters. The van der Waals surface area contributed by atoms with Crippen molar-refractivity contribution in [2.75, 3.05) is 65.8 Å². The molecule has 0 unspecified atom stereocenters. The number of hydrogen-bond acceptors (Lipinski definition) is 14. The molecule has 0 amide bonds. The van der Waals surface area contributed by atoms with Gasteiger partial charge in [-0.15, -0.1) is 0 Å². The van der Waals surface area contributed by atoms with E-state index in [0.717, 1.165) is 11.4 Å². The summed E-state index contributed by atoms with van der Waals surface area (Å²) in [6.07, 6.45) is 9.29. The van der Waals surface area contributed by atoms with Crippen molar-refractivity contribution in [3.8, 4) is 24.3 Å². The van der Waals surface area contributed by atoms with Crippen LogP contribution in [-0.4, -0.2) is 108 Å².